The van der Waals surface area contributed by atoms with Gasteiger partial charge in [0, 0.05) is 13.6 Å². The van der Waals surface area contributed by atoms with E-state index >= 15 is 0 Å². The van der Waals surface area contributed by atoms with E-state index < -0.39 is 5.91 Å². The van der Waals surface area contributed by atoms with Crippen LogP contribution in [0.5, 0.6) is 0 Å². The molecule has 18 heavy (non-hydrogen) atoms. The van der Waals surface area contributed by atoms with Crippen LogP contribution in [-0.2, 0) is 11.3 Å². The first-order valence-electron chi connectivity index (χ1n) is 5.74. The Bertz CT molecular complexity index is 640. The third-order valence-corrected chi connectivity index (χ3v) is 2.92. The molecule has 90 valence electrons. The average molecular weight is 238 g/mol. The second-order valence-corrected chi connectivity index (χ2v) is 4.46. The number of aryl methyl sites for hydroxylation is 1. The van der Waals surface area contributed by atoms with Gasteiger partial charge in [-0.3, -0.25) is 4.79 Å². The molecular formula is C15H14N2O. The smallest absolute Gasteiger partial charge is 0.325 e. The molecule has 1 amide bonds. The Kier molecular flexibility index (Phi) is 3.29. The number of fused-ring (bicyclic) bond motifs is 1. The lowest BCUT2D eigenvalue weighted by Gasteiger charge is -2.13. The number of nitrogens with zero attached hydrogens (tertiary/aromatic N) is 2. The normalized spacial score (nSPS) is 10.1. The Morgan fingerprint density at radius 1 is 1.22 bits per heavy atom. The summed E-state index contributed by atoms with van der Waals surface area (Å²) in [5.41, 5.74) is 2.25. The van der Waals surface area contributed by atoms with E-state index in [2.05, 4.69) is 31.2 Å². The maximum atomic E-state index is 11.2. The molecule has 0 spiro atoms. The van der Waals surface area contributed by atoms with Crippen LogP contribution < -0.4 is 0 Å². The molecule has 0 saturated carbocycles. The molecule has 0 aliphatic rings. The average Bonchev–Trinajstić information content (AvgIpc) is 2.38. The number of rotatable bonds is 2. The third kappa shape index (κ3) is 2.49. The van der Waals surface area contributed by atoms with Crippen molar-refractivity contribution in [3.05, 3.63) is 47.5 Å². The fourth-order valence-corrected chi connectivity index (χ4v) is 1.94. The zero-order valence-electron chi connectivity index (χ0n) is 10.5. The topological polar surface area (TPSA) is 44.1 Å². The lowest BCUT2D eigenvalue weighted by molar-refractivity contribution is -0.124. The summed E-state index contributed by atoms with van der Waals surface area (Å²) in [6, 6.07) is 14.0. The van der Waals surface area contributed by atoms with Gasteiger partial charge in [0.2, 0.25) is 0 Å². The molecule has 0 atom stereocenters. The fourth-order valence-electron chi connectivity index (χ4n) is 1.94. The van der Waals surface area contributed by atoms with Gasteiger partial charge in [-0.05, 0) is 29.3 Å². The van der Waals surface area contributed by atoms with Crippen LogP contribution in [0.1, 0.15) is 11.1 Å². The summed E-state index contributed by atoms with van der Waals surface area (Å²) in [7, 11) is 1.63. The molecule has 3 nitrogen and oxygen atoms in total. The van der Waals surface area contributed by atoms with Crippen LogP contribution in [0.15, 0.2) is 36.4 Å². The van der Waals surface area contributed by atoms with Gasteiger partial charge in [0.1, 0.15) is 0 Å². The molecule has 0 bridgehead atoms. The molecule has 0 radical (unpaired) electrons. The van der Waals surface area contributed by atoms with E-state index in [1.54, 1.807) is 13.1 Å². The van der Waals surface area contributed by atoms with E-state index in [0.29, 0.717) is 6.54 Å². The fraction of sp³-hybridized carbons (Fsp3) is 0.200. The lowest BCUT2D eigenvalue weighted by Crippen LogP contribution is -2.24. The third-order valence-electron chi connectivity index (χ3n) is 2.92. The number of amides is 1. The SMILES string of the molecule is Cc1ccc2cc(CN(C)C(=O)C#N)ccc2c1. The van der Waals surface area contributed by atoms with Crippen molar-refractivity contribution in [3.63, 3.8) is 0 Å². The molecule has 3 heteroatoms. The predicted octanol–water partition coefficient (Wildman–Crippen LogP) is 2.63. The summed E-state index contributed by atoms with van der Waals surface area (Å²) in [6.07, 6.45) is 0. The number of hydrogen-bond donors (Lipinski definition) is 0. The van der Waals surface area contributed by atoms with Crippen molar-refractivity contribution in [3.8, 4) is 6.07 Å². The molecule has 0 fully saturated rings. The van der Waals surface area contributed by atoms with Gasteiger partial charge in [-0.15, -0.1) is 0 Å². The molecule has 2 rings (SSSR count). The zero-order chi connectivity index (χ0) is 13.1. The van der Waals surface area contributed by atoms with Gasteiger partial charge in [0.05, 0.1) is 0 Å². The molecule has 0 heterocycles. The Morgan fingerprint density at radius 2 is 1.89 bits per heavy atom. The maximum Gasteiger partial charge on any atom is 0.325 e. The molecule has 0 aliphatic carbocycles. The van der Waals surface area contributed by atoms with Gasteiger partial charge in [-0.25, -0.2) is 0 Å². The van der Waals surface area contributed by atoms with Gasteiger partial charge in [-0.2, -0.15) is 5.26 Å². The van der Waals surface area contributed by atoms with Crippen LogP contribution in [0, 0.1) is 18.3 Å². The highest BCUT2D eigenvalue weighted by atomic mass is 16.2. The van der Waals surface area contributed by atoms with Crippen molar-refractivity contribution in [2.24, 2.45) is 0 Å². The molecule has 2 aromatic rings. The Morgan fingerprint density at radius 3 is 2.61 bits per heavy atom. The van der Waals surface area contributed by atoms with E-state index in [4.69, 9.17) is 5.26 Å². The minimum absolute atomic E-state index is 0.455. The molecular weight excluding hydrogens is 224 g/mol. The first-order chi connectivity index (χ1) is 8.60. The van der Waals surface area contributed by atoms with Gasteiger partial charge < -0.3 is 4.90 Å². The number of nitriles is 1. The van der Waals surface area contributed by atoms with Gasteiger partial charge in [0.25, 0.3) is 0 Å². The lowest BCUT2D eigenvalue weighted by atomic mass is 10.0. The van der Waals surface area contributed by atoms with Crippen molar-refractivity contribution < 1.29 is 4.79 Å². The van der Waals surface area contributed by atoms with E-state index in [9.17, 15) is 4.79 Å². The first kappa shape index (κ1) is 12.1. The van der Waals surface area contributed by atoms with Crippen LogP contribution in [0.25, 0.3) is 10.8 Å². The number of benzene rings is 2. The predicted molar refractivity (Wildman–Crippen MR) is 70.8 cm³/mol. The maximum absolute atomic E-state index is 11.2. The van der Waals surface area contributed by atoms with E-state index in [1.165, 1.54) is 15.8 Å². The van der Waals surface area contributed by atoms with Crippen LogP contribution in [0.4, 0.5) is 0 Å². The molecule has 0 saturated heterocycles. The van der Waals surface area contributed by atoms with Crippen molar-refractivity contribution in [1.29, 1.82) is 5.26 Å². The first-order valence-corrected chi connectivity index (χ1v) is 5.74. The summed E-state index contributed by atoms with van der Waals surface area (Å²) >= 11 is 0. The molecule has 0 aromatic heterocycles. The molecule has 2 aromatic carbocycles. The van der Waals surface area contributed by atoms with Crippen LogP contribution in [0.3, 0.4) is 0 Å². The van der Waals surface area contributed by atoms with Gasteiger partial charge in [-0.1, -0.05) is 35.9 Å². The van der Waals surface area contributed by atoms with Crippen molar-refractivity contribution in [2.75, 3.05) is 7.05 Å². The number of carbonyl (C=O) groups is 1. The van der Waals surface area contributed by atoms with Crippen LogP contribution >= 0.6 is 0 Å². The number of hydrogen-bond acceptors (Lipinski definition) is 2. The molecule has 0 aliphatic heterocycles. The van der Waals surface area contributed by atoms with Gasteiger partial charge >= 0.3 is 5.91 Å². The summed E-state index contributed by atoms with van der Waals surface area (Å²) < 4.78 is 0. The molecule has 0 unspecified atom stereocenters. The summed E-state index contributed by atoms with van der Waals surface area (Å²) in [5.74, 6) is -0.515. The van der Waals surface area contributed by atoms with Crippen LogP contribution in [0.2, 0.25) is 0 Å². The summed E-state index contributed by atoms with van der Waals surface area (Å²) in [5, 5.41) is 10.9. The minimum Gasteiger partial charge on any atom is -0.329 e. The van der Waals surface area contributed by atoms with Crippen molar-refractivity contribution in [2.45, 2.75) is 13.5 Å². The largest absolute Gasteiger partial charge is 0.329 e. The van der Waals surface area contributed by atoms with Gasteiger partial charge in [0.15, 0.2) is 6.07 Å². The summed E-state index contributed by atoms with van der Waals surface area (Å²) in [6.45, 7) is 2.52. The monoisotopic (exact) mass is 238 g/mol. The van der Waals surface area contributed by atoms with Crippen LogP contribution in [-0.4, -0.2) is 17.9 Å². The zero-order valence-corrected chi connectivity index (χ0v) is 10.5. The summed E-state index contributed by atoms with van der Waals surface area (Å²) in [4.78, 5) is 12.6. The Hall–Kier alpha value is -2.34. The highest BCUT2D eigenvalue weighted by Crippen LogP contribution is 2.18. The van der Waals surface area contributed by atoms with E-state index in [1.807, 2.05) is 12.1 Å². The standard InChI is InChI=1S/C15H14N2O/c1-11-3-5-14-8-12(4-6-13(14)7-11)10-17(2)15(18)9-16/h3-8H,10H2,1-2H3. The highest BCUT2D eigenvalue weighted by molar-refractivity contribution is 5.91. The molecule has 0 N–H and O–H groups in total. The Balaban J connectivity index is 2.28. The minimum atomic E-state index is -0.515. The van der Waals surface area contributed by atoms with Crippen molar-refractivity contribution >= 4 is 16.7 Å². The second-order valence-electron chi connectivity index (χ2n) is 4.46. The van der Waals surface area contributed by atoms with E-state index in [-0.39, 0.29) is 0 Å². The second kappa shape index (κ2) is 4.89. The quantitative estimate of drug-likeness (QED) is 0.755. The number of carbonyl (C=O) groups excluding carboxylic acids is 1. The van der Waals surface area contributed by atoms with Crippen molar-refractivity contribution in [1.82, 2.24) is 4.90 Å². The Labute approximate surface area is 106 Å². The van der Waals surface area contributed by atoms with E-state index in [0.717, 1.165) is 10.9 Å². The highest BCUT2D eigenvalue weighted by Gasteiger charge is 2.07.